The van der Waals surface area contributed by atoms with E-state index in [1.165, 1.54) is 38.5 Å². The van der Waals surface area contributed by atoms with Gasteiger partial charge >= 0.3 is 0 Å². The molecule has 0 aromatic heterocycles. The number of nitrogens with one attached hydrogen (secondary N) is 1. The Morgan fingerprint density at radius 3 is 2.36 bits per heavy atom. The monoisotopic (exact) mass is 156 g/mol. The van der Waals surface area contributed by atoms with E-state index in [1.54, 1.807) is 0 Å². The lowest BCUT2D eigenvalue weighted by Crippen LogP contribution is -2.11. The van der Waals surface area contributed by atoms with Crippen LogP contribution < -0.4 is 5.32 Å². The van der Waals surface area contributed by atoms with E-state index in [4.69, 9.17) is 0 Å². The maximum absolute atomic E-state index is 3.33. The molecule has 0 aliphatic heterocycles. The molecule has 67 valence electrons. The summed E-state index contributed by atoms with van der Waals surface area (Å²) in [6.45, 7) is 7.84. The zero-order chi connectivity index (χ0) is 8.36. The molecule has 1 heteroatoms. The molecule has 1 nitrogen and oxygen atoms in total. The van der Waals surface area contributed by atoms with Gasteiger partial charge in [-0.3, -0.25) is 0 Å². The maximum Gasteiger partial charge on any atom is 0.0221 e. The molecule has 0 rings (SSSR count). The predicted octanol–water partition coefficient (Wildman–Crippen LogP) is 3.12. The van der Waals surface area contributed by atoms with Gasteiger partial charge in [0.05, 0.1) is 0 Å². The summed E-state index contributed by atoms with van der Waals surface area (Å²) >= 11 is 0. The summed E-state index contributed by atoms with van der Waals surface area (Å²) in [6.07, 6.45) is 7.83. The van der Waals surface area contributed by atoms with Crippen molar-refractivity contribution in [3.05, 3.63) is 6.54 Å². The minimum atomic E-state index is 1.16. The van der Waals surface area contributed by atoms with Crippen LogP contribution in [0.4, 0.5) is 0 Å². The van der Waals surface area contributed by atoms with E-state index in [1.807, 2.05) is 0 Å². The third-order valence-electron chi connectivity index (χ3n) is 1.77. The highest BCUT2D eigenvalue weighted by molar-refractivity contribution is 4.60. The third kappa shape index (κ3) is 9.96. The number of hydrogen-bond acceptors (Lipinski definition) is 1. The Kier molecular flexibility index (Phi) is 9.92. The van der Waals surface area contributed by atoms with Crippen molar-refractivity contribution >= 4 is 0 Å². The first kappa shape index (κ1) is 11.0. The molecule has 1 radical (unpaired) electrons. The van der Waals surface area contributed by atoms with Gasteiger partial charge in [-0.25, -0.2) is 0 Å². The maximum atomic E-state index is 3.33. The summed E-state index contributed by atoms with van der Waals surface area (Å²) in [5.41, 5.74) is 0. The molecule has 0 aliphatic carbocycles. The van der Waals surface area contributed by atoms with Gasteiger partial charge in [-0.15, -0.1) is 0 Å². The molecular weight excluding hydrogens is 134 g/mol. The van der Waals surface area contributed by atoms with Gasteiger partial charge in [-0.2, -0.15) is 0 Å². The molecule has 0 heterocycles. The molecule has 0 aliphatic rings. The van der Waals surface area contributed by atoms with E-state index in [0.717, 1.165) is 6.54 Å². The van der Waals surface area contributed by atoms with Crippen molar-refractivity contribution < 1.29 is 0 Å². The van der Waals surface area contributed by atoms with Crippen LogP contribution in [0.1, 0.15) is 52.4 Å². The van der Waals surface area contributed by atoms with Crippen molar-refractivity contribution in [3.63, 3.8) is 0 Å². The minimum Gasteiger partial charge on any atom is -0.312 e. The lowest BCUT2D eigenvalue weighted by atomic mass is 10.2. The average Bonchev–Trinajstić information content (AvgIpc) is 2.03. The van der Waals surface area contributed by atoms with E-state index in [2.05, 4.69) is 25.7 Å². The highest BCUT2D eigenvalue weighted by Gasteiger charge is 1.87. The number of hydrogen-bond donors (Lipinski definition) is 1. The molecule has 0 aromatic carbocycles. The van der Waals surface area contributed by atoms with Crippen LogP contribution in [-0.2, 0) is 0 Å². The van der Waals surface area contributed by atoms with Crippen molar-refractivity contribution in [2.24, 2.45) is 0 Å². The molecular formula is C10H22N. The van der Waals surface area contributed by atoms with Crippen LogP contribution in [0, 0.1) is 6.54 Å². The van der Waals surface area contributed by atoms with E-state index < -0.39 is 0 Å². The molecule has 1 N–H and O–H groups in total. The zero-order valence-electron chi connectivity index (χ0n) is 8.03. The first-order valence-corrected chi connectivity index (χ1v) is 4.96. The van der Waals surface area contributed by atoms with E-state index in [0.29, 0.717) is 0 Å². The van der Waals surface area contributed by atoms with Crippen molar-refractivity contribution in [1.29, 1.82) is 0 Å². The summed E-state index contributed by atoms with van der Waals surface area (Å²) in [6, 6.07) is 0. The van der Waals surface area contributed by atoms with Crippen LogP contribution in [0.3, 0.4) is 0 Å². The van der Waals surface area contributed by atoms with Gasteiger partial charge in [0.1, 0.15) is 0 Å². The molecule has 0 amide bonds. The summed E-state index contributed by atoms with van der Waals surface area (Å²) in [7, 11) is 0. The fraction of sp³-hybridized carbons (Fsp3) is 0.900. The fourth-order valence-corrected chi connectivity index (χ4v) is 0.987. The largest absolute Gasteiger partial charge is 0.312 e. The highest BCUT2D eigenvalue weighted by atomic mass is 14.8. The van der Waals surface area contributed by atoms with Crippen LogP contribution >= 0.6 is 0 Å². The smallest absolute Gasteiger partial charge is 0.0221 e. The lowest BCUT2D eigenvalue weighted by Gasteiger charge is -2.01. The van der Waals surface area contributed by atoms with Gasteiger partial charge in [0.2, 0.25) is 0 Å². The van der Waals surface area contributed by atoms with Crippen molar-refractivity contribution in [3.8, 4) is 0 Å². The van der Waals surface area contributed by atoms with Gasteiger partial charge in [-0.1, -0.05) is 39.5 Å². The SMILES string of the molecule is CCCC[CH]NCCCCC. The quantitative estimate of drug-likeness (QED) is 0.532. The van der Waals surface area contributed by atoms with Crippen molar-refractivity contribution in [1.82, 2.24) is 5.32 Å². The second kappa shape index (κ2) is 9.96. The Bertz CT molecular complexity index is 53.9. The van der Waals surface area contributed by atoms with Gasteiger partial charge in [0.15, 0.2) is 0 Å². The van der Waals surface area contributed by atoms with Gasteiger partial charge in [-0.05, 0) is 19.4 Å². The molecule has 11 heavy (non-hydrogen) atoms. The summed E-state index contributed by atoms with van der Waals surface area (Å²) < 4.78 is 0. The Hall–Kier alpha value is -0.0400. The Morgan fingerprint density at radius 1 is 1.00 bits per heavy atom. The molecule has 0 aromatic rings. The minimum absolute atomic E-state index is 1.16. The van der Waals surface area contributed by atoms with Crippen LogP contribution in [0.5, 0.6) is 0 Å². The van der Waals surface area contributed by atoms with Crippen LogP contribution in [0.15, 0.2) is 0 Å². The molecule has 0 atom stereocenters. The van der Waals surface area contributed by atoms with E-state index in [-0.39, 0.29) is 0 Å². The van der Waals surface area contributed by atoms with E-state index >= 15 is 0 Å². The van der Waals surface area contributed by atoms with Gasteiger partial charge < -0.3 is 5.32 Å². The topological polar surface area (TPSA) is 12.0 Å². The standard InChI is InChI=1S/C10H22N/c1-3-5-7-9-11-10-8-6-4-2/h9,11H,3-8,10H2,1-2H3. The summed E-state index contributed by atoms with van der Waals surface area (Å²) in [5, 5.41) is 3.33. The van der Waals surface area contributed by atoms with E-state index in [9.17, 15) is 0 Å². The molecule has 0 fully saturated rings. The van der Waals surface area contributed by atoms with Crippen LogP contribution in [0.25, 0.3) is 0 Å². The zero-order valence-corrected chi connectivity index (χ0v) is 8.03. The van der Waals surface area contributed by atoms with Crippen LogP contribution in [-0.4, -0.2) is 6.54 Å². The number of rotatable bonds is 8. The second-order valence-electron chi connectivity index (χ2n) is 3.01. The first-order chi connectivity index (χ1) is 5.41. The van der Waals surface area contributed by atoms with Gasteiger partial charge in [0.25, 0.3) is 0 Å². The number of unbranched alkanes of at least 4 members (excludes halogenated alkanes) is 4. The molecule has 0 saturated heterocycles. The second-order valence-corrected chi connectivity index (χ2v) is 3.01. The summed E-state index contributed by atoms with van der Waals surface area (Å²) in [4.78, 5) is 0. The normalized spacial score (nSPS) is 10.4. The highest BCUT2D eigenvalue weighted by Crippen LogP contribution is 1.96. The van der Waals surface area contributed by atoms with Crippen LogP contribution in [0.2, 0.25) is 0 Å². The van der Waals surface area contributed by atoms with Gasteiger partial charge in [0, 0.05) is 6.54 Å². The third-order valence-corrected chi connectivity index (χ3v) is 1.77. The molecule has 0 unspecified atom stereocenters. The Labute approximate surface area is 71.6 Å². The Balaban J connectivity index is 2.69. The predicted molar refractivity (Wildman–Crippen MR) is 51.4 cm³/mol. The van der Waals surface area contributed by atoms with Crippen molar-refractivity contribution in [2.75, 3.05) is 6.54 Å². The van der Waals surface area contributed by atoms with Crippen molar-refractivity contribution in [2.45, 2.75) is 52.4 Å². The first-order valence-electron chi connectivity index (χ1n) is 4.96. The molecule has 0 saturated carbocycles. The average molecular weight is 156 g/mol. The molecule has 0 bridgehead atoms. The molecule has 0 spiro atoms. The lowest BCUT2D eigenvalue weighted by molar-refractivity contribution is 0.634. The summed E-state index contributed by atoms with van der Waals surface area (Å²) in [5.74, 6) is 0. The fourth-order valence-electron chi connectivity index (χ4n) is 0.987. The Morgan fingerprint density at radius 2 is 1.73 bits per heavy atom.